The SMILES string of the molecule is CS(=O)(=O)c1ccc(N=Cc2cccc(F)c2)cc1. The van der Waals surface area contributed by atoms with Crippen molar-refractivity contribution in [2.24, 2.45) is 4.99 Å². The lowest BCUT2D eigenvalue weighted by atomic mass is 10.2. The van der Waals surface area contributed by atoms with Crippen molar-refractivity contribution in [3.05, 3.63) is 59.9 Å². The molecule has 0 unspecified atom stereocenters. The van der Waals surface area contributed by atoms with Crippen LogP contribution in [0.2, 0.25) is 0 Å². The van der Waals surface area contributed by atoms with E-state index < -0.39 is 9.84 Å². The van der Waals surface area contributed by atoms with Crippen LogP contribution < -0.4 is 0 Å². The number of aliphatic imine (C=N–C) groups is 1. The van der Waals surface area contributed by atoms with Crippen molar-refractivity contribution in [1.29, 1.82) is 0 Å². The molecule has 3 nitrogen and oxygen atoms in total. The summed E-state index contributed by atoms with van der Waals surface area (Å²) in [6, 6.07) is 12.3. The summed E-state index contributed by atoms with van der Waals surface area (Å²) in [4.78, 5) is 4.40. The predicted molar refractivity (Wildman–Crippen MR) is 73.2 cm³/mol. The van der Waals surface area contributed by atoms with E-state index in [0.717, 1.165) is 6.26 Å². The van der Waals surface area contributed by atoms with Gasteiger partial charge in [0.15, 0.2) is 9.84 Å². The monoisotopic (exact) mass is 277 g/mol. The normalized spacial score (nSPS) is 11.9. The average Bonchev–Trinajstić information content (AvgIpc) is 2.36. The number of hydrogen-bond donors (Lipinski definition) is 0. The minimum Gasteiger partial charge on any atom is -0.256 e. The molecule has 2 aromatic rings. The van der Waals surface area contributed by atoms with Gasteiger partial charge >= 0.3 is 0 Å². The molecular weight excluding hydrogens is 265 g/mol. The third-order valence-corrected chi connectivity index (χ3v) is 3.60. The van der Waals surface area contributed by atoms with Crippen molar-refractivity contribution in [2.75, 3.05) is 6.26 Å². The molecule has 5 heteroatoms. The number of nitrogens with zero attached hydrogens (tertiary/aromatic N) is 1. The van der Waals surface area contributed by atoms with Gasteiger partial charge in [0.05, 0.1) is 10.6 Å². The van der Waals surface area contributed by atoms with Gasteiger partial charge < -0.3 is 0 Å². The van der Waals surface area contributed by atoms with Gasteiger partial charge in [0.2, 0.25) is 0 Å². The van der Waals surface area contributed by atoms with Crippen LogP contribution in [0.4, 0.5) is 10.1 Å². The summed E-state index contributed by atoms with van der Waals surface area (Å²) in [7, 11) is -3.19. The second kappa shape index (κ2) is 5.32. The molecule has 0 aliphatic rings. The number of sulfone groups is 1. The molecule has 0 amide bonds. The van der Waals surface area contributed by atoms with Gasteiger partial charge in [0.25, 0.3) is 0 Å². The molecule has 0 atom stereocenters. The maximum atomic E-state index is 12.9. The molecule has 0 radical (unpaired) electrons. The zero-order chi connectivity index (χ0) is 13.9. The first-order chi connectivity index (χ1) is 8.95. The Balaban J connectivity index is 2.20. The summed E-state index contributed by atoms with van der Waals surface area (Å²) in [6.45, 7) is 0. The molecule has 0 bridgehead atoms. The lowest BCUT2D eigenvalue weighted by molar-refractivity contribution is 0.602. The van der Waals surface area contributed by atoms with Gasteiger partial charge in [0, 0.05) is 12.5 Å². The van der Waals surface area contributed by atoms with Crippen molar-refractivity contribution in [3.63, 3.8) is 0 Å². The minimum atomic E-state index is -3.19. The third kappa shape index (κ3) is 3.72. The Morgan fingerprint density at radius 2 is 1.79 bits per heavy atom. The largest absolute Gasteiger partial charge is 0.256 e. The van der Waals surface area contributed by atoms with Crippen LogP contribution in [-0.4, -0.2) is 20.9 Å². The van der Waals surface area contributed by atoms with Crippen molar-refractivity contribution in [1.82, 2.24) is 0 Å². The summed E-state index contributed by atoms with van der Waals surface area (Å²) >= 11 is 0. The highest BCUT2D eigenvalue weighted by molar-refractivity contribution is 7.90. The van der Waals surface area contributed by atoms with Crippen molar-refractivity contribution >= 4 is 21.7 Å². The second-order valence-corrected chi connectivity index (χ2v) is 6.10. The molecule has 2 aromatic carbocycles. The lowest BCUT2D eigenvalue weighted by Crippen LogP contribution is -1.95. The molecule has 0 aliphatic heterocycles. The molecule has 0 N–H and O–H groups in total. The van der Waals surface area contributed by atoms with E-state index in [9.17, 15) is 12.8 Å². The molecule has 0 fully saturated rings. The Hall–Kier alpha value is -2.01. The van der Waals surface area contributed by atoms with Crippen LogP contribution in [0.15, 0.2) is 58.4 Å². The van der Waals surface area contributed by atoms with E-state index in [0.29, 0.717) is 11.3 Å². The van der Waals surface area contributed by atoms with Crippen molar-refractivity contribution in [3.8, 4) is 0 Å². The summed E-state index contributed by atoms with van der Waals surface area (Å²) < 4.78 is 35.5. The van der Waals surface area contributed by atoms with Gasteiger partial charge in [-0.2, -0.15) is 0 Å². The van der Waals surface area contributed by atoms with Gasteiger partial charge in [-0.25, -0.2) is 12.8 Å². The number of benzene rings is 2. The minimum absolute atomic E-state index is 0.247. The second-order valence-electron chi connectivity index (χ2n) is 4.08. The van der Waals surface area contributed by atoms with Crippen LogP contribution >= 0.6 is 0 Å². The Kier molecular flexibility index (Phi) is 3.76. The first-order valence-corrected chi connectivity index (χ1v) is 7.44. The third-order valence-electron chi connectivity index (χ3n) is 2.48. The van der Waals surface area contributed by atoms with Crippen LogP contribution in [0.5, 0.6) is 0 Å². The van der Waals surface area contributed by atoms with E-state index in [2.05, 4.69) is 4.99 Å². The van der Waals surface area contributed by atoms with Crippen LogP contribution in [0.1, 0.15) is 5.56 Å². The van der Waals surface area contributed by atoms with Gasteiger partial charge in [-0.3, -0.25) is 4.99 Å². The van der Waals surface area contributed by atoms with Gasteiger partial charge in [-0.15, -0.1) is 0 Å². The van der Waals surface area contributed by atoms with Crippen LogP contribution in [0, 0.1) is 5.82 Å². The fourth-order valence-corrected chi connectivity index (χ4v) is 2.15. The molecular formula is C14H12FNO2S. The molecule has 0 aromatic heterocycles. The fraction of sp³-hybridized carbons (Fsp3) is 0.0714. The highest BCUT2D eigenvalue weighted by Crippen LogP contribution is 2.16. The average molecular weight is 277 g/mol. The van der Waals surface area contributed by atoms with E-state index >= 15 is 0 Å². The Morgan fingerprint density at radius 1 is 1.11 bits per heavy atom. The highest BCUT2D eigenvalue weighted by atomic mass is 32.2. The fourth-order valence-electron chi connectivity index (χ4n) is 1.52. The molecule has 0 heterocycles. The quantitative estimate of drug-likeness (QED) is 0.810. The maximum Gasteiger partial charge on any atom is 0.175 e. The maximum absolute atomic E-state index is 12.9. The molecule has 98 valence electrons. The smallest absolute Gasteiger partial charge is 0.175 e. The predicted octanol–water partition coefficient (Wildman–Crippen LogP) is 2.98. The highest BCUT2D eigenvalue weighted by Gasteiger charge is 2.05. The van der Waals surface area contributed by atoms with Crippen molar-refractivity contribution < 1.29 is 12.8 Å². The lowest BCUT2D eigenvalue weighted by Gasteiger charge is -1.98. The molecule has 0 saturated carbocycles. The zero-order valence-electron chi connectivity index (χ0n) is 10.2. The summed E-state index contributed by atoms with van der Waals surface area (Å²) in [5, 5.41) is 0. The molecule has 0 spiro atoms. The number of halogens is 1. The summed E-state index contributed by atoms with van der Waals surface area (Å²) in [5.41, 5.74) is 1.25. The standard InChI is InChI=1S/C14H12FNO2S/c1-19(17,18)14-7-5-13(6-8-14)16-10-11-3-2-4-12(15)9-11/h2-10H,1H3. The Labute approximate surface area is 111 Å². The summed E-state index contributed by atoms with van der Waals surface area (Å²) in [5.74, 6) is -0.323. The van der Waals surface area contributed by atoms with Crippen LogP contribution in [0.25, 0.3) is 0 Å². The van der Waals surface area contributed by atoms with E-state index in [1.165, 1.54) is 30.5 Å². The first-order valence-electron chi connectivity index (χ1n) is 5.55. The van der Waals surface area contributed by atoms with E-state index in [1.807, 2.05) is 0 Å². The number of hydrogen-bond acceptors (Lipinski definition) is 3. The van der Waals surface area contributed by atoms with E-state index in [4.69, 9.17) is 0 Å². The zero-order valence-corrected chi connectivity index (χ0v) is 11.1. The molecule has 2 rings (SSSR count). The Bertz CT molecular complexity index is 706. The van der Waals surface area contributed by atoms with E-state index in [1.54, 1.807) is 24.3 Å². The van der Waals surface area contributed by atoms with Crippen LogP contribution in [0.3, 0.4) is 0 Å². The molecule has 0 saturated heterocycles. The Morgan fingerprint density at radius 3 is 2.37 bits per heavy atom. The number of rotatable bonds is 3. The van der Waals surface area contributed by atoms with Crippen LogP contribution in [-0.2, 0) is 9.84 Å². The topological polar surface area (TPSA) is 46.5 Å². The van der Waals surface area contributed by atoms with Crippen molar-refractivity contribution in [2.45, 2.75) is 4.90 Å². The molecule has 19 heavy (non-hydrogen) atoms. The van der Waals surface area contributed by atoms with E-state index in [-0.39, 0.29) is 10.7 Å². The van der Waals surface area contributed by atoms with Gasteiger partial charge in [0.1, 0.15) is 5.82 Å². The first kappa shape index (κ1) is 13.4. The summed E-state index contributed by atoms with van der Waals surface area (Å²) in [6.07, 6.45) is 2.68. The van der Waals surface area contributed by atoms with Gasteiger partial charge in [-0.05, 0) is 42.0 Å². The molecule has 0 aliphatic carbocycles. The van der Waals surface area contributed by atoms with Gasteiger partial charge in [-0.1, -0.05) is 12.1 Å².